The van der Waals surface area contributed by atoms with Crippen LogP contribution in [0.2, 0.25) is 0 Å². The monoisotopic (exact) mass is 312 g/mol. The number of rotatable bonds is 3. The molecule has 0 atom stereocenters. The number of hydrogen-bond donors (Lipinski definition) is 1. The first kappa shape index (κ1) is 15.6. The number of nitrogen functional groups attached to an aromatic ring is 1. The molecule has 1 aliphatic rings. The molecule has 0 saturated carbocycles. The van der Waals surface area contributed by atoms with Gasteiger partial charge in [0, 0.05) is 25.0 Å². The van der Waals surface area contributed by atoms with Crippen molar-refractivity contribution in [2.24, 2.45) is 0 Å². The number of piperidine rings is 1. The minimum Gasteiger partial charge on any atom is -0.465 e. The van der Waals surface area contributed by atoms with E-state index in [4.69, 9.17) is 5.73 Å². The fourth-order valence-corrected chi connectivity index (χ4v) is 3.45. The fraction of sp³-hybridized carbons (Fsp3) is 0.500. The molecule has 0 amide bonds. The molecule has 6 nitrogen and oxygen atoms in total. The van der Waals surface area contributed by atoms with Crippen LogP contribution in [0.5, 0.6) is 0 Å². The Labute approximate surface area is 124 Å². The van der Waals surface area contributed by atoms with Crippen LogP contribution in [0.25, 0.3) is 0 Å². The maximum atomic E-state index is 12.1. The van der Waals surface area contributed by atoms with Gasteiger partial charge in [-0.3, -0.25) is 0 Å². The number of carbonyl (C=O) groups excluding carboxylic acids is 1. The lowest BCUT2D eigenvalue weighted by Crippen LogP contribution is -2.31. The normalized spacial score (nSPS) is 15.8. The highest BCUT2D eigenvalue weighted by atomic mass is 32.2. The molecule has 1 fully saturated rings. The first-order valence-electron chi connectivity index (χ1n) is 6.81. The quantitative estimate of drug-likeness (QED) is 0.671. The number of carbonyl (C=O) groups is 1. The largest absolute Gasteiger partial charge is 0.465 e. The molecule has 1 saturated heterocycles. The number of hydrogen-bond acceptors (Lipinski definition) is 6. The average molecular weight is 312 g/mol. The van der Waals surface area contributed by atoms with Gasteiger partial charge in [-0.15, -0.1) is 0 Å². The van der Waals surface area contributed by atoms with Gasteiger partial charge in [0.05, 0.1) is 23.3 Å². The summed E-state index contributed by atoms with van der Waals surface area (Å²) in [6.07, 6.45) is 4.30. The molecule has 0 unspecified atom stereocenters. The molecule has 0 aliphatic carbocycles. The third-order valence-electron chi connectivity index (χ3n) is 3.63. The molecule has 1 aromatic rings. The predicted molar refractivity (Wildman–Crippen MR) is 81.4 cm³/mol. The summed E-state index contributed by atoms with van der Waals surface area (Å²) >= 11 is 0. The smallest absolute Gasteiger partial charge is 0.340 e. The van der Waals surface area contributed by atoms with Gasteiger partial charge in [-0.05, 0) is 31.4 Å². The minimum atomic E-state index is -3.47. The molecule has 0 bridgehead atoms. The molecule has 1 aliphatic heterocycles. The van der Waals surface area contributed by atoms with Crippen molar-refractivity contribution in [1.82, 2.24) is 0 Å². The SMILES string of the molecule is COC(=O)c1cc(S(C)(=O)=O)c(N2CCCCC2)cc1N. The second-order valence-electron chi connectivity index (χ2n) is 5.22. The summed E-state index contributed by atoms with van der Waals surface area (Å²) in [5, 5.41) is 0. The van der Waals surface area contributed by atoms with E-state index < -0.39 is 15.8 Å². The van der Waals surface area contributed by atoms with Crippen LogP contribution in [0, 0.1) is 0 Å². The van der Waals surface area contributed by atoms with Gasteiger partial charge >= 0.3 is 5.97 Å². The first-order valence-corrected chi connectivity index (χ1v) is 8.70. The van der Waals surface area contributed by atoms with Gasteiger partial charge < -0.3 is 15.4 Å². The fourth-order valence-electron chi connectivity index (χ4n) is 2.55. The molecule has 0 aromatic heterocycles. The zero-order valence-corrected chi connectivity index (χ0v) is 13.1. The highest BCUT2D eigenvalue weighted by Crippen LogP contribution is 2.32. The number of ether oxygens (including phenoxy) is 1. The Balaban J connectivity index is 2.58. The van der Waals surface area contributed by atoms with Crippen LogP contribution >= 0.6 is 0 Å². The number of esters is 1. The Kier molecular flexibility index (Phi) is 4.41. The summed E-state index contributed by atoms with van der Waals surface area (Å²) < 4.78 is 28.7. The minimum absolute atomic E-state index is 0.0821. The van der Waals surface area contributed by atoms with Crippen molar-refractivity contribution in [2.75, 3.05) is 37.1 Å². The van der Waals surface area contributed by atoms with Gasteiger partial charge in [0.15, 0.2) is 9.84 Å². The van der Waals surface area contributed by atoms with Crippen molar-refractivity contribution in [3.05, 3.63) is 17.7 Å². The summed E-state index contributed by atoms with van der Waals surface area (Å²) in [6, 6.07) is 2.88. The molecule has 1 heterocycles. The van der Waals surface area contributed by atoms with E-state index in [9.17, 15) is 13.2 Å². The molecule has 2 rings (SSSR count). The number of anilines is 2. The lowest BCUT2D eigenvalue weighted by atomic mass is 10.1. The van der Waals surface area contributed by atoms with Gasteiger partial charge in [-0.2, -0.15) is 0 Å². The van der Waals surface area contributed by atoms with Gasteiger partial charge in [0.25, 0.3) is 0 Å². The third-order valence-corrected chi connectivity index (χ3v) is 4.76. The van der Waals surface area contributed by atoms with Crippen molar-refractivity contribution in [3.63, 3.8) is 0 Å². The summed E-state index contributed by atoms with van der Waals surface area (Å²) in [5.74, 6) is -0.636. The second kappa shape index (κ2) is 5.93. The van der Waals surface area contributed by atoms with Crippen LogP contribution in [-0.2, 0) is 14.6 Å². The molecule has 2 N–H and O–H groups in total. The molecule has 116 valence electrons. The van der Waals surface area contributed by atoms with E-state index in [1.807, 2.05) is 4.90 Å². The highest BCUT2D eigenvalue weighted by molar-refractivity contribution is 7.90. The number of methoxy groups -OCH3 is 1. The van der Waals surface area contributed by atoms with Crippen molar-refractivity contribution < 1.29 is 17.9 Å². The Hall–Kier alpha value is -1.76. The van der Waals surface area contributed by atoms with Gasteiger partial charge in [-0.1, -0.05) is 0 Å². The maximum Gasteiger partial charge on any atom is 0.340 e. The van der Waals surface area contributed by atoms with E-state index in [0.29, 0.717) is 5.69 Å². The molecule has 7 heteroatoms. The van der Waals surface area contributed by atoms with Crippen LogP contribution in [-0.4, -0.2) is 40.8 Å². The van der Waals surface area contributed by atoms with E-state index in [1.54, 1.807) is 6.07 Å². The van der Waals surface area contributed by atoms with Gasteiger partial charge in [0.1, 0.15) is 0 Å². The molecule has 21 heavy (non-hydrogen) atoms. The predicted octanol–water partition coefficient (Wildman–Crippen LogP) is 1.45. The van der Waals surface area contributed by atoms with Crippen LogP contribution in [0.3, 0.4) is 0 Å². The topological polar surface area (TPSA) is 89.7 Å². The maximum absolute atomic E-state index is 12.1. The van der Waals surface area contributed by atoms with Crippen molar-refractivity contribution in [2.45, 2.75) is 24.2 Å². The van der Waals surface area contributed by atoms with Crippen molar-refractivity contribution in [3.8, 4) is 0 Å². The molecule has 0 spiro atoms. The van der Waals surface area contributed by atoms with Gasteiger partial charge in [-0.25, -0.2) is 13.2 Å². The second-order valence-corrected chi connectivity index (χ2v) is 7.20. The van der Waals surface area contributed by atoms with E-state index in [2.05, 4.69) is 4.74 Å². The summed E-state index contributed by atoms with van der Waals surface area (Å²) in [4.78, 5) is 13.8. The van der Waals surface area contributed by atoms with Crippen LogP contribution in [0.1, 0.15) is 29.6 Å². The zero-order chi connectivity index (χ0) is 15.6. The highest BCUT2D eigenvalue weighted by Gasteiger charge is 2.24. The zero-order valence-electron chi connectivity index (χ0n) is 12.3. The Morgan fingerprint density at radius 1 is 1.24 bits per heavy atom. The van der Waals surface area contributed by atoms with Crippen LogP contribution in [0.4, 0.5) is 11.4 Å². The standard InChI is InChI=1S/C14H20N2O4S/c1-20-14(17)10-8-13(21(2,18)19)12(9-11(10)15)16-6-4-3-5-7-16/h8-9H,3-7,15H2,1-2H3. The Morgan fingerprint density at radius 2 is 1.86 bits per heavy atom. The van der Waals surface area contributed by atoms with Crippen LogP contribution < -0.4 is 10.6 Å². The lowest BCUT2D eigenvalue weighted by Gasteiger charge is -2.30. The van der Waals surface area contributed by atoms with Crippen LogP contribution in [0.15, 0.2) is 17.0 Å². The summed E-state index contributed by atoms with van der Waals surface area (Å²) in [7, 11) is -2.23. The van der Waals surface area contributed by atoms with E-state index in [0.717, 1.165) is 38.6 Å². The lowest BCUT2D eigenvalue weighted by molar-refractivity contribution is 0.0601. The van der Waals surface area contributed by atoms with E-state index in [1.165, 1.54) is 13.2 Å². The van der Waals surface area contributed by atoms with Crippen molar-refractivity contribution >= 4 is 27.2 Å². The number of sulfone groups is 1. The van der Waals surface area contributed by atoms with E-state index in [-0.39, 0.29) is 16.1 Å². The number of benzene rings is 1. The van der Waals surface area contributed by atoms with E-state index >= 15 is 0 Å². The average Bonchev–Trinajstić information content (AvgIpc) is 2.46. The Bertz CT molecular complexity index is 649. The van der Waals surface area contributed by atoms with Crippen molar-refractivity contribution in [1.29, 1.82) is 0 Å². The number of nitrogens with zero attached hydrogens (tertiary/aromatic N) is 1. The molecule has 1 aromatic carbocycles. The third kappa shape index (κ3) is 3.29. The van der Waals surface area contributed by atoms with Gasteiger partial charge in [0.2, 0.25) is 0 Å². The Morgan fingerprint density at radius 3 is 2.38 bits per heavy atom. The molecular weight excluding hydrogens is 292 g/mol. The summed E-state index contributed by atoms with van der Waals surface area (Å²) in [5.41, 5.74) is 6.78. The number of nitrogens with two attached hydrogens (primary N) is 1. The molecule has 0 radical (unpaired) electrons. The first-order chi connectivity index (χ1) is 9.84. The summed E-state index contributed by atoms with van der Waals surface area (Å²) in [6.45, 7) is 1.58. The molecular formula is C14H20N2O4S.